The van der Waals surface area contributed by atoms with Crippen LogP contribution in [0, 0.1) is 23.0 Å². The lowest BCUT2D eigenvalue weighted by molar-refractivity contribution is -0.384. The van der Waals surface area contributed by atoms with Crippen LogP contribution < -0.4 is 5.01 Å². The van der Waals surface area contributed by atoms with Crippen LogP contribution in [0.2, 0.25) is 0 Å². The monoisotopic (exact) mass is 461 g/mol. The van der Waals surface area contributed by atoms with Gasteiger partial charge in [0.2, 0.25) is 0 Å². The molecule has 1 heterocycles. The van der Waals surface area contributed by atoms with E-state index < -0.39 is 16.9 Å². The minimum Gasteiger partial charge on any atom is -0.293 e. The standard InChI is InChI=1S/C29H23N3O3/c1-20-12-14-21(15-13-20)27-26(29(33)23-10-6-3-7-11-23)28(22-8-4-2-5-9-22)31(30-27)24-16-18-25(19-17-24)32(34)35/h2-19,26,28H,1H3. The zero-order valence-corrected chi connectivity index (χ0v) is 19.1. The molecule has 1 aliphatic heterocycles. The molecule has 0 spiro atoms. The number of anilines is 1. The number of nitro benzene ring substituents is 1. The topological polar surface area (TPSA) is 75.8 Å². The Bertz CT molecular complexity index is 1380. The van der Waals surface area contributed by atoms with Crippen LogP contribution in [0.25, 0.3) is 0 Å². The molecule has 0 fully saturated rings. The largest absolute Gasteiger partial charge is 0.293 e. The molecule has 0 saturated carbocycles. The third-order valence-electron chi connectivity index (χ3n) is 6.24. The number of hydrazone groups is 1. The number of nitro groups is 1. The molecule has 2 unspecified atom stereocenters. The molecule has 0 amide bonds. The predicted octanol–water partition coefficient (Wildman–Crippen LogP) is 6.37. The number of carbonyl (C=O) groups excluding carboxylic acids is 1. The lowest BCUT2D eigenvalue weighted by atomic mass is 9.81. The third kappa shape index (κ3) is 4.34. The van der Waals surface area contributed by atoms with Gasteiger partial charge in [0.05, 0.1) is 28.3 Å². The molecule has 0 saturated heterocycles. The number of carbonyl (C=O) groups is 1. The molecule has 0 aromatic heterocycles. The van der Waals surface area contributed by atoms with Crippen LogP contribution in [-0.4, -0.2) is 16.4 Å². The van der Waals surface area contributed by atoms with Gasteiger partial charge in [0.15, 0.2) is 5.78 Å². The van der Waals surface area contributed by atoms with Crippen LogP contribution in [0.5, 0.6) is 0 Å². The van der Waals surface area contributed by atoms with Crippen molar-refractivity contribution in [3.05, 3.63) is 142 Å². The molecule has 1 aliphatic rings. The number of Topliss-reactive ketones (excluding diaryl/α,β-unsaturated/α-hetero) is 1. The average Bonchev–Trinajstić information content (AvgIpc) is 3.30. The molecule has 35 heavy (non-hydrogen) atoms. The van der Waals surface area contributed by atoms with Gasteiger partial charge in [0, 0.05) is 17.7 Å². The molecule has 2 atom stereocenters. The van der Waals surface area contributed by atoms with Crippen molar-refractivity contribution in [1.82, 2.24) is 0 Å². The quantitative estimate of drug-likeness (QED) is 0.190. The van der Waals surface area contributed by atoms with Crippen molar-refractivity contribution in [2.45, 2.75) is 13.0 Å². The molecular formula is C29H23N3O3. The summed E-state index contributed by atoms with van der Waals surface area (Å²) in [6, 6.07) is 32.9. The van der Waals surface area contributed by atoms with Crippen molar-refractivity contribution in [1.29, 1.82) is 0 Å². The molecule has 0 aliphatic carbocycles. The van der Waals surface area contributed by atoms with E-state index in [0.717, 1.165) is 16.7 Å². The molecule has 6 nitrogen and oxygen atoms in total. The van der Waals surface area contributed by atoms with Crippen molar-refractivity contribution in [3.63, 3.8) is 0 Å². The maximum absolute atomic E-state index is 14.0. The van der Waals surface area contributed by atoms with E-state index in [-0.39, 0.29) is 11.5 Å². The molecule has 5 rings (SSSR count). The molecule has 0 bridgehead atoms. The van der Waals surface area contributed by atoms with Crippen LogP contribution >= 0.6 is 0 Å². The minimum absolute atomic E-state index is 0.00357. The Morgan fingerprint density at radius 1 is 0.829 bits per heavy atom. The summed E-state index contributed by atoms with van der Waals surface area (Å²) in [4.78, 5) is 24.8. The maximum Gasteiger partial charge on any atom is 0.269 e. The van der Waals surface area contributed by atoms with E-state index in [0.29, 0.717) is 17.0 Å². The fraction of sp³-hybridized carbons (Fsp3) is 0.103. The van der Waals surface area contributed by atoms with Crippen molar-refractivity contribution < 1.29 is 9.72 Å². The highest BCUT2D eigenvalue weighted by Crippen LogP contribution is 2.42. The highest BCUT2D eigenvalue weighted by atomic mass is 16.6. The molecule has 0 N–H and O–H groups in total. The van der Waals surface area contributed by atoms with Crippen LogP contribution in [0.1, 0.15) is 33.1 Å². The van der Waals surface area contributed by atoms with E-state index in [1.165, 1.54) is 12.1 Å². The SMILES string of the molecule is Cc1ccc(C2=NN(c3ccc([N+](=O)[O-])cc3)C(c3ccccc3)C2C(=O)c2ccccc2)cc1. The fourth-order valence-corrected chi connectivity index (χ4v) is 4.47. The number of ketones is 1. The summed E-state index contributed by atoms with van der Waals surface area (Å²) < 4.78 is 0. The van der Waals surface area contributed by atoms with Crippen LogP contribution in [0.4, 0.5) is 11.4 Å². The number of nitrogens with zero attached hydrogens (tertiary/aromatic N) is 3. The lowest BCUT2D eigenvalue weighted by Gasteiger charge is -2.28. The number of aryl methyl sites for hydroxylation is 1. The highest BCUT2D eigenvalue weighted by Gasteiger charge is 2.44. The van der Waals surface area contributed by atoms with Gasteiger partial charge in [-0.3, -0.25) is 19.9 Å². The Morgan fingerprint density at radius 3 is 2.03 bits per heavy atom. The van der Waals surface area contributed by atoms with Gasteiger partial charge in [-0.15, -0.1) is 0 Å². The van der Waals surface area contributed by atoms with Crippen LogP contribution in [0.15, 0.2) is 114 Å². The highest BCUT2D eigenvalue weighted by molar-refractivity contribution is 6.20. The smallest absolute Gasteiger partial charge is 0.269 e. The first-order valence-corrected chi connectivity index (χ1v) is 11.4. The molecular weight excluding hydrogens is 438 g/mol. The molecule has 4 aromatic carbocycles. The number of hydrogen-bond acceptors (Lipinski definition) is 5. The Morgan fingerprint density at radius 2 is 1.43 bits per heavy atom. The second-order valence-corrected chi connectivity index (χ2v) is 8.53. The van der Waals surface area contributed by atoms with Gasteiger partial charge in [0.1, 0.15) is 0 Å². The van der Waals surface area contributed by atoms with Crippen molar-refractivity contribution in [2.75, 3.05) is 5.01 Å². The zero-order chi connectivity index (χ0) is 24.4. The van der Waals surface area contributed by atoms with E-state index in [4.69, 9.17) is 5.10 Å². The number of non-ortho nitro benzene ring substituents is 1. The van der Waals surface area contributed by atoms with E-state index in [1.807, 2.05) is 96.9 Å². The van der Waals surface area contributed by atoms with Crippen LogP contribution in [0.3, 0.4) is 0 Å². The zero-order valence-electron chi connectivity index (χ0n) is 19.1. The summed E-state index contributed by atoms with van der Waals surface area (Å²) >= 11 is 0. The first kappa shape index (κ1) is 22.2. The summed E-state index contributed by atoms with van der Waals surface area (Å²) in [5, 5.41) is 18.0. The minimum atomic E-state index is -0.572. The first-order valence-electron chi connectivity index (χ1n) is 11.4. The normalized spacial score (nSPS) is 17.2. The summed E-state index contributed by atoms with van der Waals surface area (Å²) in [7, 11) is 0. The number of rotatable bonds is 6. The predicted molar refractivity (Wildman–Crippen MR) is 137 cm³/mol. The molecule has 6 heteroatoms. The van der Waals surface area contributed by atoms with Gasteiger partial charge in [-0.2, -0.15) is 5.10 Å². The van der Waals surface area contributed by atoms with Gasteiger partial charge in [-0.1, -0.05) is 90.5 Å². The molecule has 172 valence electrons. The second kappa shape index (κ2) is 9.35. The van der Waals surface area contributed by atoms with Crippen molar-refractivity contribution in [2.24, 2.45) is 11.0 Å². The number of benzene rings is 4. The summed E-state index contributed by atoms with van der Waals surface area (Å²) in [5.74, 6) is -0.596. The number of hydrogen-bond donors (Lipinski definition) is 0. The summed E-state index contributed by atoms with van der Waals surface area (Å²) in [6.07, 6.45) is 0. The lowest BCUT2D eigenvalue weighted by Crippen LogP contribution is -2.32. The second-order valence-electron chi connectivity index (χ2n) is 8.53. The molecule has 0 radical (unpaired) electrons. The average molecular weight is 462 g/mol. The fourth-order valence-electron chi connectivity index (χ4n) is 4.47. The van der Waals surface area contributed by atoms with Crippen LogP contribution in [-0.2, 0) is 0 Å². The van der Waals surface area contributed by atoms with Gasteiger partial charge in [-0.05, 0) is 30.2 Å². The maximum atomic E-state index is 14.0. The Labute approximate surface area is 203 Å². The summed E-state index contributed by atoms with van der Waals surface area (Å²) in [5.41, 5.74) is 4.89. The van der Waals surface area contributed by atoms with E-state index in [2.05, 4.69) is 0 Å². The Balaban J connectivity index is 1.69. The van der Waals surface area contributed by atoms with Crippen molar-refractivity contribution in [3.8, 4) is 0 Å². The van der Waals surface area contributed by atoms with Crippen molar-refractivity contribution >= 4 is 22.9 Å². The Hall–Kier alpha value is -4.58. The van der Waals surface area contributed by atoms with E-state index in [9.17, 15) is 14.9 Å². The van der Waals surface area contributed by atoms with E-state index in [1.54, 1.807) is 12.1 Å². The first-order chi connectivity index (χ1) is 17.0. The third-order valence-corrected chi connectivity index (χ3v) is 6.24. The van der Waals surface area contributed by atoms with E-state index >= 15 is 0 Å². The summed E-state index contributed by atoms with van der Waals surface area (Å²) in [6.45, 7) is 2.02. The van der Waals surface area contributed by atoms with Gasteiger partial charge >= 0.3 is 0 Å². The van der Waals surface area contributed by atoms with Gasteiger partial charge in [-0.25, -0.2) is 0 Å². The van der Waals surface area contributed by atoms with Gasteiger partial charge in [0.25, 0.3) is 5.69 Å². The van der Waals surface area contributed by atoms with Gasteiger partial charge < -0.3 is 0 Å². The Kier molecular flexibility index (Phi) is 5.94. The molecule has 4 aromatic rings.